The molecule has 2 aliphatic carbocycles. The number of aromatic nitrogens is 1. The molecule has 0 unspecified atom stereocenters. The summed E-state index contributed by atoms with van der Waals surface area (Å²) in [5.74, 6) is 0.937. The molecule has 0 saturated heterocycles. The van der Waals surface area contributed by atoms with Crippen molar-refractivity contribution in [3.05, 3.63) is 53.6 Å². The Morgan fingerprint density at radius 3 is 2.31 bits per heavy atom. The predicted molar refractivity (Wildman–Crippen MR) is 108 cm³/mol. The van der Waals surface area contributed by atoms with E-state index >= 15 is 0 Å². The molecule has 0 bridgehead atoms. The summed E-state index contributed by atoms with van der Waals surface area (Å²) in [6.45, 7) is 9.79. The number of nitrogens with zero attached hydrogens (tertiary/aromatic N) is 1. The van der Waals surface area contributed by atoms with Gasteiger partial charge in [-0.2, -0.15) is 0 Å². The van der Waals surface area contributed by atoms with Crippen molar-refractivity contribution in [2.75, 3.05) is 7.11 Å². The fourth-order valence-corrected chi connectivity index (χ4v) is 6.98. The van der Waals surface area contributed by atoms with Gasteiger partial charge in [-0.25, -0.2) is 0 Å². The Morgan fingerprint density at radius 2 is 1.65 bits per heavy atom. The number of hydrogen-bond acceptors (Lipinski definition) is 1. The van der Waals surface area contributed by atoms with Gasteiger partial charge in [-0.15, -0.1) is 0 Å². The highest BCUT2D eigenvalue weighted by Crippen LogP contribution is 2.76. The molecule has 0 N–H and O–H groups in total. The summed E-state index contributed by atoms with van der Waals surface area (Å²) in [5.41, 5.74) is 7.58. The molecule has 2 heteroatoms. The third kappa shape index (κ3) is 1.48. The standard InChI is InChI=1S/C24H27NO/c1-22(2)14-23(3,4)24(22)18-10-8-7-9-16(18)21-20(24)17-13-15(26-6)11-12-19(17)25(21)5/h7-13H,14H2,1-6H3. The number of ether oxygens (including phenoxy) is 1. The molecular weight excluding hydrogens is 318 g/mol. The van der Waals surface area contributed by atoms with Crippen LogP contribution >= 0.6 is 0 Å². The predicted octanol–water partition coefficient (Wildman–Crippen LogP) is 5.91. The number of hydrogen-bond donors (Lipinski definition) is 0. The van der Waals surface area contributed by atoms with Crippen LogP contribution in [0.1, 0.15) is 45.2 Å². The van der Waals surface area contributed by atoms with E-state index in [0.29, 0.717) is 0 Å². The van der Waals surface area contributed by atoms with E-state index in [4.69, 9.17) is 4.74 Å². The van der Waals surface area contributed by atoms with E-state index in [1.807, 2.05) is 0 Å². The second-order valence-corrected chi connectivity index (χ2v) is 9.41. The largest absolute Gasteiger partial charge is 0.497 e. The van der Waals surface area contributed by atoms with Crippen LogP contribution in [0.15, 0.2) is 42.5 Å². The van der Waals surface area contributed by atoms with Gasteiger partial charge in [0.25, 0.3) is 0 Å². The Labute approximate surface area is 155 Å². The minimum atomic E-state index is 0.0395. The van der Waals surface area contributed by atoms with Gasteiger partial charge in [-0.05, 0) is 46.6 Å². The van der Waals surface area contributed by atoms with Crippen LogP contribution in [0.5, 0.6) is 5.75 Å². The van der Waals surface area contributed by atoms with Gasteiger partial charge in [0.15, 0.2) is 0 Å². The zero-order chi connectivity index (χ0) is 18.5. The Morgan fingerprint density at radius 1 is 0.962 bits per heavy atom. The van der Waals surface area contributed by atoms with Crippen molar-refractivity contribution in [1.29, 1.82) is 0 Å². The average Bonchev–Trinajstić information content (AvgIpc) is 3.07. The van der Waals surface area contributed by atoms with Crippen LogP contribution in [0.2, 0.25) is 0 Å². The molecule has 0 radical (unpaired) electrons. The van der Waals surface area contributed by atoms with Crippen molar-refractivity contribution in [2.45, 2.75) is 39.5 Å². The first-order valence-electron chi connectivity index (χ1n) is 9.53. The fraction of sp³-hybridized carbons (Fsp3) is 0.417. The highest BCUT2D eigenvalue weighted by atomic mass is 16.5. The summed E-state index contributed by atoms with van der Waals surface area (Å²) >= 11 is 0. The summed E-state index contributed by atoms with van der Waals surface area (Å²) < 4.78 is 7.97. The van der Waals surface area contributed by atoms with Crippen LogP contribution in [0.25, 0.3) is 22.2 Å². The molecule has 3 aromatic rings. The Kier molecular flexibility index (Phi) is 2.79. The topological polar surface area (TPSA) is 14.2 Å². The minimum absolute atomic E-state index is 0.0395. The van der Waals surface area contributed by atoms with Gasteiger partial charge >= 0.3 is 0 Å². The van der Waals surface area contributed by atoms with E-state index in [2.05, 4.69) is 81.8 Å². The lowest BCUT2D eigenvalue weighted by atomic mass is 9.35. The van der Waals surface area contributed by atoms with Crippen molar-refractivity contribution in [1.82, 2.24) is 4.57 Å². The third-order valence-corrected chi connectivity index (χ3v) is 7.28. The van der Waals surface area contributed by atoms with Gasteiger partial charge in [0.1, 0.15) is 5.75 Å². The summed E-state index contributed by atoms with van der Waals surface area (Å²) in [6, 6.07) is 15.6. The quantitative estimate of drug-likeness (QED) is 0.535. The first-order valence-corrected chi connectivity index (χ1v) is 9.53. The monoisotopic (exact) mass is 345 g/mol. The van der Waals surface area contributed by atoms with Crippen molar-refractivity contribution in [3.63, 3.8) is 0 Å². The SMILES string of the molecule is COc1ccc2c(c1)c1c(n2C)-c2ccccc2C12C(C)(C)CC2(C)C. The Balaban J connectivity index is 2.01. The van der Waals surface area contributed by atoms with E-state index in [1.165, 1.54) is 39.7 Å². The molecule has 1 fully saturated rings. The fourth-order valence-electron chi connectivity index (χ4n) is 6.98. The van der Waals surface area contributed by atoms with Crippen molar-refractivity contribution in [2.24, 2.45) is 17.9 Å². The van der Waals surface area contributed by atoms with Crippen LogP contribution in [-0.2, 0) is 12.5 Å². The Hall–Kier alpha value is -2.22. The molecule has 5 rings (SSSR count). The van der Waals surface area contributed by atoms with E-state index in [9.17, 15) is 0 Å². The normalized spacial score (nSPS) is 20.7. The number of aryl methyl sites for hydroxylation is 1. The number of methoxy groups -OCH3 is 1. The molecule has 0 atom stereocenters. The molecule has 2 nitrogen and oxygen atoms in total. The number of rotatable bonds is 1. The number of fused-ring (bicyclic) bond motifs is 7. The van der Waals surface area contributed by atoms with Crippen LogP contribution in [-0.4, -0.2) is 11.7 Å². The van der Waals surface area contributed by atoms with Crippen LogP contribution in [0, 0.1) is 10.8 Å². The molecule has 0 amide bonds. The van der Waals surface area contributed by atoms with Crippen molar-refractivity contribution in [3.8, 4) is 17.0 Å². The second kappa shape index (κ2) is 4.54. The Bertz CT molecular complexity index is 1050. The van der Waals surface area contributed by atoms with Gasteiger partial charge in [-0.1, -0.05) is 52.0 Å². The van der Waals surface area contributed by atoms with Crippen molar-refractivity contribution < 1.29 is 4.74 Å². The third-order valence-electron chi connectivity index (χ3n) is 7.28. The van der Waals surface area contributed by atoms with E-state index in [-0.39, 0.29) is 16.2 Å². The van der Waals surface area contributed by atoms with Crippen LogP contribution < -0.4 is 4.74 Å². The van der Waals surface area contributed by atoms with Gasteiger partial charge in [0.2, 0.25) is 0 Å². The van der Waals surface area contributed by atoms with Crippen LogP contribution in [0.3, 0.4) is 0 Å². The number of benzene rings is 2. The molecular formula is C24H27NO. The summed E-state index contributed by atoms with van der Waals surface area (Å²) in [7, 11) is 3.97. The van der Waals surface area contributed by atoms with Crippen molar-refractivity contribution >= 4 is 10.9 Å². The molecule has 1 aromatic heterocycles. The molecule has 26 heavy (non-hydrogen) atoms. The lowest BCUT2D eigenvalue weighted by Gasteiger charge is -2.67. The lowest BCUT2D eigenvalue weighted by molar-refractivity contribution is -0.0849. The van der Waals surface area contributed by atoms with Gasteiger partial charge in [-0.3, -0.25) is 0 Å². The minimum Gasteiger partial charge on any atom is -0.497 e. The van der Waals surface area contributed by atoms with Gasteiger partial charge in [0.05, 0.1) is 12.8 Å². The van der Waals surface area contributed by atoms with Gasteiger partial charge in [0, 0.05) is 28.9 Å². The molecule has 1 saturated carbocycles. The molecule has 134 valence electrons. The molecule has 0 aliphatic heterocycles. The average molecular weight is 345 g/mol. The second-order valence-electron chi connectivity index (χ2n) is 9.41. The summed E-state index contributed by atoms with van der Waals surface area (Å²) in [6.07, 6.45) is 1.23. The maximum absolute atomic E-state index is 5.58. The van der Waals surface area contributed by atoms with Crippen LogP contribution in [0.4, 0.5) is 0 Å². The first-order chi connectivity index (χ1) is 12.3. The van der Waals surface area contributed by atoms with E-state index in [1.54, 1.807) is 7.11 Å². The smallest absolute Gasteiger partial charge is 0.119 e. The van der Waals surface area contributed by atoms with E-state index in [0.717, 1.165) is 5.75 Å². The maximum atomic E-state index is 5.58. The summed E-state index contributed by atoms with van der Waals surface area (Å²) in [5, 5.41) is 1.35. The zero-order valence-corrected chi connectivity index (χ0v) is 16.6. The van der Waals surface area contributed by atoms with Gasteiger partial charge < -0.3 is 9.30 Å². The highest BCUT2D eigenvalue weighted by Gasteiger charge is 2.70. The summed E-state index contributed by atoms with van der Waals surface area (Å²) in [4.78, 5) is 0. The molecule has 2 aliphatic rings. The molecule has 1 heterocycles. The lowest BCUT2D eigenvalue weighted by Crippen LogP contribution is -2.63. The zero-order valence-electron chi connectivity index (χ0n) is 16.6. The molecule has 2 aromatic carbocycles. The molecule has 1 spiro atoms. The maximum Gasteiger partial charge on any atom is 0.119 e. The first kappa shape index (κ1) is 16.0. The van der Waals surface area contributed by atoms with E-state index < -0.39 is 0 Å². The highest BCUT2D eigenvalue weighted by molar-refractivity contribution is 5.99.